The molecule has 0 heterocycles. The molecule has 0 saturated heterocycles. The molecule has 234 valence electrons. The number of hydrogen-bond acceptors (Lipinski definition) is 0. The summed E-state index contributed by atoms with van der Waals surface area (Å²) in [5, 5.41) is 10.4. The van der Waals surface area contributed by atoms with Crippen LogP contribution in [0.25, 0.3) is 98.7 Å². The summed E-state index contributed by atoms with van der Waals surface area (Å²) in [5.74, 6) is 0. The molecule has 0 radical (unpaired) electrons. The predicted molar refractivity (Wildman–Crippen MR) is 215 cm³/mol. The summed E-state index contributed by atoms with van der Waals surface area (Å²) in [5.41, 5.74) is 12.9. The zero-order valence-electron chi connectivity index (χ0n) is 27.2. The van der Waals surface area contributed by atoms with Crippen LogP contribution in [0.3, 0.4) is 0 Å². The van der Waals surface area contributed by atoms with Crippen LogP contribution in [0.5, 0.6) is 0 Å². The Labute approximate surface area is 288 Å². The summed E-state index contributed by atoms with van der Waals surface area (Å²) < 4.78 is 0. The second kappa shape index (κ2) is 12.2. The molecule has 1 aliphatic carbocycles. The van der Waals surface area contributed by atoms with E-state index in [0.29, 0.717) is 0 Å². The minimum atomic E-state index is 0. The lowest BCUT2D eigenvalue weighted by atomic mass is 9.91. The molecule has 0 nitrogen and oxygen atoms in total. The van der Waals surface area contributed by atoms with E-state index in [9.17, 15) is 0 Å². The van der Waals surface area contributed by atoms with Crippen molar-refractivity contribution in [3.8, 4) is 55.6 Å². The van der Waals surface area contributed by atoms with Gasteiger partial charge in [-0.15, -0.1) is 0 Å². The molecule has 0 aliphatic heterocycles. The van der Waals surface area contributed by atoms with Crippen LogP contribution in [0.2, 0.25) is 0 Å². The third-order valence-corrected chi connectivity index (χ3v) is 9.97. The molecule has 9 aromatic carbocycles. The van der Waals surface area contributed by atoms with E-state index in [0.717, 1.165) is 0 Å². The molecule has 0 heteroatoms. The van der Waals surface area contributed by atoms with Crippen LogP contribution in [-0.4, -0.2) is 0 Å². The van der Waals surface area contributed by atoms with E-state index in [2.05, 4.69) is 170 Å². The zero-order valence-corrected chi connectivity index (χ0v) is 27.2. The minimum Gasteiger partial charge on any atom is -0.0776 e. The molecular weight excluding hydrogens is 589 g/mol. The summed E-state index contributed by atoms with van der Waals surface area (Å²) in [7, 11) is 0. The maximum atomic E-state index is 2.35. The molecule has 0 N–H and O–H groups in total. The van der Waals surface area contributed by atoms with Gasteiger partial charge < -0.3 is 0 Å². The zero-order chi connectivity index (χ0) is 32.2. The van der Waals surface area contributed by atoms with E-state index in [1.54, 1.807) is 0 Å². The Hall–Kier alpha value is -5.98. The van der Waals surface area contributed by atoms with E-state index in [1.165, 1.54) is 98.7 Å². The van der Waals surface area contributed by atoms with E-state index in [-0.39, 0.29) is 7.43 Å². The van der Waals surface area contributed by atoms with Crippen LogP contribution >= 0.6 is 0 Å². The molecule has 0 fully saturated rings. The standard InChI is InChI=1S/C46H28.C2H6.CH4/c1-2-12-36-34(9-1)28-45(41-16-6-3-13-38(36)41)35-22-21-31-25-30(19-20-32(31)27-35)29-10-7-11-33(26-29)37-23-24-44-40-15-5-4-14-39(40)43-18-8-17-42(37)46(43)44;1-2;/h1-28H;1-2H3;1H4. The molecule has 0 aromatic heterocycles. The fraction of sp³-hybridized carbons (Fsp3) is 0.0612. The van der Waals surface area contributed by atoms with Gasteiger partial charge in [-0.25, -0.2) is 0 Å². The average molecular weight is 627 g/mol. The van der Waals surface area contributed by atoms with Crippen molar-refractivity contribution in [3.05, 3.63) is 170 Å². The maximum absolute atomic E-state index is 2.35. The lowest BCUT2D eigenvalue weighted by Gasteiger charge is -2.13. The summed E-state index contributed by atoms with van der Waals surface area (Å²) in [6.07, 6.45) is 0. The topological polar surface area (TPSA) is 0 Å². The van der Waals surface area contributed by atoms with Gasteiger partial charge in [0.15, 0.2) is 0 Å². The normalized spacial score (nSPS) is 11.3. The van der Waals surface area contributed by atoms with Gasteiger partial charge in [0.05, 0.1) is 0 Å². The fourth-order valence-electron chi connectivity index (χ4n) is 7.81. The molecule has 9 aromatic rings. The first-order valence-electron chi connectivity index (χ1n) is 17.0. The first-order chi connectivity index (χ1) is 23.8. The van der Waals surface area contributed by atoms with Crippen LogP contribution in [0, 0.1) is 0 Å². The molecule has 0 spiro atoms. The van der Waals surface area contributed by atoms with Crippen molar-refractivity contribution in [1.82, 2.24) is 0 Å². The Morgan fingerprint density at radius 3 is 1.57 bits per heavy atom. The van der Waals surface area contributed by atoms with E-state index >= 15 is 0 Å². The SMILES string of the molecule is C.CC.c1cc(-c2ccc3cc(-c4cc5ccccc5c5ccccc45)ccc3c2)cc(-c2ccc3c4c(cccc24)-c2ccccc2-3)c1. The molecule has 0 atom stereocenters. The van der Waals surface area contributed by atoms with Crippen molar-refractivity contribution in [1.29, 1.82) is 0 Å². The van der Waals surface area contributed by atoms with Crippen molar-refractivity contribution >= 4 is 43.1 Å². The number of benzene rings is 9. The fourth-order valence-corrected chi connectivity index (χ4v) is 7.81. The van der Waals surface area contributed by atoms with Gasteiger partial charge in [0, 0.05) is 0 Å². The molecule has 0 amide bonds. The first kappa shape index (κ1) is 30.4. The maximum Gasteiger partial charge on any atom is -0.00201 e. The van der Waals surface area contributed by atoms with Crippen LogP contribution in [0.15, 0.2) is 170 Å². The van der Waals surface area contributed by atoms with Crippen LogP contribution in [0.1, 0.15) is 21.3 Å². The Kier molecular flexibility index (Phi) is 7.58. The number of fused-ring (bicyclic) bond motifs is 7. The van der Waals surface area contributed by atoms with E-state index < -0.39 is 0 Å². The summed E-state index contributed by atoms with van der Waals surface area (Å²) in [4.78, 5) is 0. The lowest BCUT2D eigenvalue weighted by Crippen LogP contribution is -1.86. The van der Waals surface area contributed by atoms with Gasteiger partial charge in [-0.1, -0.05) is 167 Å². The molecule has 1 aliphatic rings. The highest BCUT2D eigenvalue weighted by Crippen LogP contribution is 2.49. The van der Waals surface area contributed by atoms with Crippen LogP contribution < -0.4 is 0 Å². The van der Waals surface area contributed by atoms with E-state index in [4.69, 9.17) is 0 Å². The summed E-state index contributed by atoms with van der Waals surface area (Å²) >= 11 is 0. The highest BCUT2D eigenvalue weighted by molar-refractivity contribution is 6.19. The molecule has 0 unspecified atom stereocenters. The summed E-state index contributed by atoms with van der Waals surface area (Å²) in [6.45, 7) is 4.00. The monoisotopic (exact) mass is 626 g/mol. The number of hydrogen-bond donors (Lipinski definition) is 0. The Morgan fingerprint density at radius 1 is 0.265 bits per heavy atom. The smallest absolute Gasteiger partial charge is 0.00201 e. The van der Waals surface area contributed by atoms with Gasteiger partial charge in [-0.2, -0.15) is 0 Å². The Morgan fingerprint density at radius 2 is 0.776 bits per heavy atom. The lowest BCUT2D eigenvalue weighted by molar-refractivity contribution is 1.50. The summed E-state index contributed by atoms with van der Waals surface area (Å²) in [6, 6.07) is 62.8. The van der Waals surface area contributed by atoms with Crippen molar-refractivity contribution in [2.24, 2.45) is 0 Å². The number of rotatable bonds is 3. The third-order valence-electron chi connectivity index (χ3n) is 9.97. The highest BCUT2D eigenvalue weighted by Gasteiger charge is 2.22. The van der Waals surface area contributed by atoms with Gasteiger partial charge in [-0.05, 0) is 123 Å². The van der Waals surface area contributed by atoms with E-state index in [1.807, 2.05) is 13.8 Å². The quantitative estimate of drug-likeness (QED) is 0.171. The highest BCUT2D eigenvalue weighted by atomic mass is 14.2. The molecule has 49 heavy (non-hydrogen) atoms. The second-order valence-corrected chi connectivity index (χ2v) is 12.5. The minimum absolute atomic E-state index is 0. The van der Waals surface area contributed by atoms with Crippen LogP contribution in [-0.2, 0) is 0 Å². The first-order valence-corrected chi connectivity index (χ1v) is 17.0. The third kappa shape index (κ3) is 4.83. The molecule has 0 bridgehead atoms. The van der Waals surface area contributed by atoms with Crippen molar-refractivity contribution < 1.29 is 0 Å². The van der Waals surface area contributed by atoms with Gasteiger partial charge in [0.2, 0.25) is 0 Å². The van der Waals surface area contributed by atoms with Crippen molar-refractivity contribution in [3.63, 3.8) is 0 Å². The Bertz CT molecular complexity index is 2660. The largest absolute Gasteiger partial charge is 0.0776 e. The van der Waals surface area contributed by atoms with Crippen molar-refractivity contribution in [2.75, 3.05) is 0 Å². The Balaban J connectivity index is 0.00000114. The second-order valence-electron chi connectivity index (χ2n) is 12.5. The predicted octanol–water partition coefficient (Wildman–Crippen LogP) is 14.6. The molecule has 10 rings (SSSR count). The van der Waals surface area contributed by atoms with Gasteiger partial charge >= 0.3 is 0 Å². The van der Waals surface area contributed by atoms with Gasteiger partial charge in [0.25, 0.3) is 0 Å². The molecular formula is C49H38. The van der Waals surface area contributed by atoms with Crippen molar-refractivity contribution in [2.45, 2.75) is 21.3 Å². The molecule has 0 saturated carbocycles. The average Bonchev–Trinajstić information content (AvgIpc) is 3.50. The van der Waals surface area contributed by atoms with Gasteiger partial charge in [-0.3, -0.25) is 0 Å². The van der Waals surface area contributed by atoms with Crippen LogP contribution in [0.4, 0.5) is 0 Å². The van der Waals surface area contributed by atoms with Gasteiger partial charge in [0.1, 0.15) is 0 Å².